The lowest BCUT2D eigenvalue weighted by Crippen LogP contribution is -2.24. The summed E-state index contributed by atoms with van der Waals surface area (Å²) < 4.78 is 0. The highest BCUT2D eigenvalue weighted by Gasteiger charge is 2.02. The molecule has 2 aromatic rings. The van der Waals surface area contributed by atoms with E-state index in [0.717, 1.165) is 12.8 Å². The Bertz CT molecular complexity index is 467. The van der Waals surface area contributed by atoms with Crippen molar-refractivity contribution in [2.75, 3.05) is 13.1 Å². The van der Waals surface area contributed by atoms with Crippen molar-refractivity contribution >= 4 is 0 Å². The van der Waals surface area contributed by atoms with E-state index in [1.165, 1.54) is 27.3 Å². The average molecular weight is 299 g/mol. The van der Waals surface area contributed by atoms with Gasteiger partial charge in [-0.05, 0) is 37.8 Å². The predicted octanol–water partition coefficient (Wildman–Crippen LogP) is 4.81. The maximum Gasteiger partial charge on any atom is 0.0278 e. The molecule has 2 heteroatoms. The van der Waals surface area contributed by atoms with Crippen LogP contribution in [0.2, 0.25) is 0 Å². The third kappa shape index (κ3) is 6.88. The number of rotatable bonds is 6. The minimum atomic E-state index is 0.676. The lowest BCUT2D eigenvalue weighted by molar-refractivity contribution is -0.0886. The molecule has 0 aliphatic rings. The SMILES string of the molecule is CC.Cc1ccc(CCN(O)CCc2ccc(C)cc2)cc1. The summed E-state index contributed by atoms with van der Waals surface area (Å²) in [6.45, 7) is 9.53. The smallest absolute Gasteiger partial charge is 0.0278 e. The summed E-state index contributed by atoms with van der Waals surface area (Å²) in [5.74, 6) is 0. The molecule has 0 radical (unpaired) electrons. The third-order valence-corrected chi connectivity index (χ3v) is 3.56. The first kappa shape index (κ1) is 18.4. The Morgan fingerprint density at radius 2 is 1.00 bits per heavy atom. The van der Waals surface area contributed by atoms with Crippen molar-refractivity contribution in [1.82, 2.24) is 5.06 Å². The lowest BCUT2D eigenvalue weighted by atomic mass is 10.1. The second-order valence-electron chi connectivity index (χ2n) is 5.42. The molecular weight excluding hydrogens is 270 g/mol. The zero-order valence-electron chi connectivity index (χ0n) is 14.3. The molecule has 0 unspecified atom stereocenters. The molecule has 0 spiro atoms. The van der Waals surface area contributed by atoms with Crippen molar-refractivity contribution < 1.29 is 5.21 Å². The van der Waals surface area contributed by atoms with Crippen molar-refractivity contribution in [2.24, 2.45) is 0 Å². The molecule has 22 heavy (non-hydrogen) atoms. The van der Waals surface area contributed by atoms with Gasteiger partial charge in [0.15, 0.2) is 0 Å². The average Bonchev–Trinajstić information content (AvgIpc) is 2.56. The molecule has 0 fully saturated rings. The number of hydroxylamine groups is 2. The van der Waals surface area contributed by atoms with E-state index in [9.17, 15) is 5.21 Å². The summed E-state index contributed by atoms with van der Waals surface area (Å²) >= 11 is 0. The molecule has 2 rings (SSSR count). The Balaban J connectivity index is 0.00000116. The number of aryl methyl sites for hydroxylation is 2. The Labute approximate surface area is 135 Å². The van der Waals surface area contributed by atoms with Gasteiger partial charge in [0.1, 0.15) is 0 Å². The van der Waals surface area contributed by atoms with E-state index >= 15 is 0 Å². The van der Waals surface area contributed by atoms with Gasteiger partial charge in [0.05, 0.1) is 0 Å². The molecule has 2 aromatic carbocycles. The van der Waals surface area contributed by atoms with Gasteiger partial charge in [0.2, 0.25) is 0 Å². The minimum absolute atomic E-state index is 0.676. The van der Waals surface area contributed by atoms with E-state index < -0.39 is 0 Å². The fourth-order valence-corrected chi connectivity index (χ4v) is 2.14. The molecule has 0 aliphatic carbocycles. The number of hydrogen-bond acceptors (Lipinski definition) is 2. The molecule has 0 bridgehead atoms. The highest BCUT2D eigenvalue weighted by atomic mass is 16.5. The normalized spacial score (nSPS) is 10.3. The predicted molar refractivity (Wildman–Crippen MR) is 94.5 cm³/mol. The summed E-state index contributed by atoms with van der Waals surface area (Å²) in [6.07, 6.45) is 1.76. The van der Waals surface area contributed by atoms with Gasteiger partial charge in [-0.3, -0.25) is 0 Å². The van der Waals surface area contributed by atoms with E-state index in [4.69, 9.17) is 0 Å². The van der Waals surface area contributed by atoms with Crippen LogP contribution in [0.5, 0.6) is 0 Å². The van der Waals surface area contributed by atoms with E-state index in [1.807, 2.05) is 13.8 Å². The van der Waals surface area contributed by atoms with E-state index in [0.29, 0.717) is 13.1 Å². The molecule has 0 amide bonds. The van der Waals surface area contributed by atoms with Crippen LogP contribution in [0, 0.1) is 13.8 Å². The quantitative estimate of drug-likeness (QED) is 0.774. The van der Waals surface area contributed by atoms with Crippen molar-refractivity contribution in [3.63, 3.8) is 0 Å². The largest absolute Gasteiger partial charge is 0.314 e. The second-order valence-corrected chi connectivity index (χ2v) is 5.42. The number of benzene rings is 2. The Kier molecular flexibility index (Phi) is 8.49. The molecule has 0 aliphatic heterocycles. The van der Waals surface area contributed by atoms with Crippen LogP contribution in [0.25, 0.3) is 0 Å². The van der Waals surface area contributed by atoms with E-state index in [2.05, 4.69) is 62.4 Å². The molecule has 2 nitrogen and oxygen atoms in total. The Morgan fingerprint density at radius 1 is 0.682 bits per heavy atom. The maximum atomic E-state index is 9.91. The first-order valence-corrected chi connectivity index (χ1v) is 8.18. The van der Waals surface area contributed by atoms with Crippen molar-refractivity contribution in [3.8, 4) is 0 Å². The molecule has 1 N–H and O–H groups in total. The number of hydrogen-bond donors (Lipinski definition) is 1. The molecule has 120 valence electrons. The van der Waals surface area contributed by atoms with Crippen LogP contribution in [0.15, 0.2) is 48.5 Å². The molecule has 0 saturated heterocycles. The first-order chi connectivity index (χ1) is 10.6. The van der Waals surface area contributed by atoms with Crippen LogP contribution in [0.1, 0.15) is 36.1 Å². The molecule has 0 saturated carbocycles. The first-order valence-electron chi connectivity index (χ1n) is 8.18. The third-order valence-electron chi connectivity index (χ3n) is 3.56. The van der Waals surface area contributed by atoms with Crippen molar-refractivity contribution in [3.05, 3.63) is 70.8 Å². The minimum Gasteiger partial charge on any atom is -0.314 e. The summed E-state index contributed by atoms with van der Waals surface area (Å²) in [4.78, 5) is 0. The van der Waals surface area contributed by atoms with Gasteiger partial charge in [-0.1, -0.05) is 73.5 Å². The van der Waals surface area contributed by atoms with Gasteiger partial charge in [0, 0.05) is 13.1 Å². The van der Waals surface area contributed by atoms with E-state index in [1.54, 1.807) is 0 Å². The second kappa shape index (κ2) is 10.1. The molecular formula is C20H29NO. The fourth-order valence-electron chi connectivity index (χ4n) is 2.14. The van der Waals surface area contributed by atoms with Crippen molar-refractivity contribution in [2.45, 2.75) is 40.5 Å². The van der Waals surface area contributed by atoms with Crippen LogP contribution in [0.3, 0.4) is 0 Å². The summed E-state index contributed by atoms with van der Waals surface area (Å²) in [5.41, 5.74) is 5.08. The molecule has 0 aromatic heterocycles. The topological polar surface area (TPSA) is 23.5 Å². The van der Waals surface area contributed by atoms with Crippen molar-refractivity contribution in [1.29, 1.82) is 0 Å². The highest BCUT2D eigenvalue weighted by molar-refractivity contribution is 5.22. The Morgan fingerprint density at radius 3 is 1.32 bits per heavy atom. The standard InChI is InChI=1S/C18H23NO.C2H6/c1-15-3-7-17(8-4-15)11-13-19(20)14-12-18-9-5-16(2)6-10-18;1-2/h3-10,20H,11-14H2,1-2H3;1-2H3. The lowest BCUT2D eigenvalue weighted by Gasteiger charge is -2.14. The maximum absolute atomic E-state index is 9.91. The number of nitrogens with zero attached hydrogens (tertiary/aromatic N) is 1. The van der Waals surface area contributed by atoms with Crippen LogP contribution < -0.4 is 0 Å². The van der Waals surface area contributed by atoms with Gasteiger partial charge < -0.3 is 5.21 Å². The summed E-state index contributed by atoms with van der Waals surface area (Å²) in [7, 11) is 0. The van der Waals surface area contributed by atoms with Gasteiger partial charge >= 0.3 is 0 Å². The van der Waals surface area contributed by atoms with Crippen LogP contribution in [0.4, 0.5) is 0 Å². The van der Waals surface area contributed by atoms with Crippen LogP contribution in [-0.2, 0) is 12.8 Å². The van der Waals surface area contributed by atoms with Gasteiger partial charge in [-0.2, -0.15) is 5.06 Å². The zero-order valence-corrected chi connectivity index (χ0v) is 14.3. The van der Waals surface area contributed by atoms with Gasteiger partial charge in [-0.15, -0.1) is 0 Å². The summed E-state index contributed by atoms with van der Waals surface area (Å²) in [5, 5.41) is 11.3. The van der Waals surface area contributed by atoms with Gasteiger partial charge in [-0.25, -0.2) is 0 Å². The molecule has 0 heterocycles. The van der Waals surface area contributed by atoms with Crippen LogP contribution >= 0.6 is 0 Å². The molecule has 0 atom stereocenters. The Hall–Kier alpha value is -1.64. The zero-order chi connectivity index (χ0) is 16.4. The van der Waals surface area contributed by atoms with E-state index in [-0.39, 0.29) is 0 Å². The van der Waals surface area contributed by atoms with Gasteiger partial charge in [0.25, 0.3) is 0 Å². The monoisotopic (exact) mass is 299 g/mol. The highest BCUT2D eigenvalue weighted by Crippen LogP contribution is 2.06. The summed E-state index contributed by atoms with van der Waals surface area (Å²) in [6, 6.07) is 17.0. The van der Waals surface area contributed by atoms with Crippen LogP contribution in [-0.4, -0.2) is 23.4 Å². The fraction of sp³-hybridized carbons (Fsp3) is 0.400.